The number of fused-ring (bicyclic) bond motifs is 1. The number of aromatic nitrogens is 4. The van der Waals surface area contributed by atoms with Crippen LogP contribution >= 0.6 is 0 Å². The Morgan fingerprint density at radius 3 is 1.98 bits per heavy atom. The molecule has 0 fully saturated rings. The van der Waals surface area contributed by atoms with Crippen LogP contribution in [0.2, 0.25) is 0 Å². The van der Waals surface area contributed by atoms with E-state index in [0.717, 1.165) is 49.7 Å². The molecule has 2 heterocycles. The largest absolute Gasteiger partial charge is 0.399 e. The molecule has 0 aliphatic heterocycles. The van der Waals surface area contributed by atoms with Gasteiger partial charge in [-0.05, 0) is 82.9 Å². The van der Waals surface area contributed by atoms with Gasteiger partial charge in [-0.25, -0.2) is 9.78 Å². The van der Waals surface area contributed by atoms with Crippen LogP contribution in [0.15, 0.2) is 64.2 Å². The average Bonchev–Trinajstić information content (AvgIpc) is 3.38. The Morgan fingerprint density at radius 1 is 0.778 bits per heavy atom. The Morgan fingerprint density at radius 2 is 1.40 bits per heavy atom. The number of nitrogens with zero attached hydrogens (tertiary/aromatic N) is 7. The third-order valence-corrected chi connectivity index (χ3v) is 8.80. The monoisotopic (exact) mass is 616 g/mol. The van der Waals surface area contributed by atoms with Gasteiger partial charge in [0.25, 0.3) is 5.56 Å². The summed E-state index contributed by atoms with van der Waals surface area (Å²) in [6, 6.07) is 18.0. The average molecular weight is 617 g/mol. The number of aryl methyl sites for hydroxylation is 2. The molecule has 2 N–H and O–H groups in total. The van der Waals surface area contributed by atoms with Crippen molar-refractivity contribution in [3.8, 4) is 0 Å². The third-order valence-electron chi connectivity index (χ3n) is 8.80. The van der Waals surface area contributed by atoms with Gasteiger partial charge >= 0.3 is 5.69 Å². The standard InChI is InChI=1S/C35H52N8O2/c1-7-39(8-2)31(40(9-3)10-4)26-43-30(25-28-15-12-11-13-16-28)37-33-32(43)34(44)42(23-14-22-38(5)6)35(45)41(33)24-21-27-17-19-29(36)20-18-27/h11-13,15-20,31H,7-10,14,21-26,36H2,1-6H3. The highest BCUT2D eigenvalue weighted by molar-refractivity contribution is 5.71. The summed E-state index contributed by atoms with van der Waals surface area (Å²) in [7, 11) is 4.00. The topological polar surface area (TPSA) is 97.6 Å². The first-order chi connectivity index (χ1) is 21.7. The SMILES string of the molecule is CCN(CC)C(Cn1c(Cc2ccccc2)nc2c1c(=O)n(CCCN(C)C)c(=O)n2CCc1ccc(N)cc1)N(CC)CC. The lowest BCUT2D eigenvalue weighted by molar-refractivity contribution is 0.0438. The number of nitrogen functional groups attached to an aromatic ring is 1. The minimum Gasteiger partial charge on any atom is -0.399 e. The summed E-state index contributed by atoms with van der Waals surface area (Å²) in [4.78, 5) is 40.6. The van der Waals surface area contributed by atoms with Crippen LogP contribution in [-0.2, 0) is 32.5 Å². The molecule has 0 aliphatic carbocycles. The molecule has 4 rings (SSSR count). The van der Waals surface area contributed by atoms with Gasteiger partial charge in [0.2, 0.25) is 0 Å². The second-order valence-corrected chi connectivity index (χ2v) is 11.9. The quantitative estimate of drug-likeness (QED) is 0.143. The second-order valence-electron chi connectivity index (χ2n) is 11.9. The molecule has 4 aromatic rings. The number of rotatable bonds is 17. The minimum atomic E-state index is -0.304. The van der Waals surface area contributed by atoms with Gasteiger partial charge in [-0.1, -0.05) is 70.2 Å². The van der Waals surface area contributed by atoms with Crippen LogP contribution < -0.4 is 17.0 Å². The predicted molar refractivity (Wildman–Crippen MR) is 185 cm³/mol. The molecule has 10 nitrogen and oxygen atoms in total. The lowest BCUT2D eigenvalue weighted by Gasteiger charge is -2.38. The smallest absolute Gasteiger partial charge is 0.332 e. The Kier molecular flexibility index (Phi) is 12.2. The van der Waals surface area contributed by atoms with Crippen molar-refractivity contribution in [2.75, 3.05) is 52.6 Å². The Balaban J connectivity index is 1.95. The molecular formula is C35H52N8O2. The van der Waals surface area contributed by atoms with E-state index in [-0.39, 0.29) is 17.4 Å². The van der Waals surface area contributed by atoms with E-state index in [4.69, 9.17) is 10.7 Å². The Labute approximate surface area is 267 Å². The van der Waals surface area contributed by atoms with Gasteiger partial charge in [0.1, 0.15) is 5.82 Å². The molecule has 2 aromatic heterocycles. The van der Waals surface area contributed by atoms with E-state index in [1.165, 1.54) is 4.57 Å². The molecule has 0 unspecified atom stereocenters. The first kappa shape index (κ1) is 34.1. The van der Waals surface area contributed by atoms with Crippen molar-refractivity contribution in [2.45, 2.75) is 72.8 Å². The van der Waals surface area contributed by atoms with Gasteiger partial charge in [-0.2, -0.15) is 0 Å². The summed E-state index contributed by atoms with van der Waals surface area (Å²) in [5, 5.41) is 0. The van der Waals surface area contributed by atoms with Crippen molar-refractivity contribution in [1.82, 2.24) is 33.4 Å². The zero-order valence-electron chi connectivity index (χ0n) is 28.1. The van der Waals surface area contributed by atoms with Crippen molar-refractivity contribution < 1.29 is 0 Å². The number of benzene rings is 2. The maximum absolute atomic E-state index is 14.4. The highest BCUT2D eigenvalue weighted by Crippen LogP contribution is 2.20. The summed E-state index contributed by atoms with van der Waals surface area (Å²) in [5.74, 6) is 0.796. The number of imidazole rings is 1. The van der Waals surface area contributed by atoms with E-state index in [2.05, 4.69) is 59.1 Å². The number of likely N-dealkylation sites (N-methyl/N-ethyl adjacent to an activating group) is 2. The molecule has 0 aliphatic rings. The fourth-order valence-corrected chi connectivity index (χ4v) is 6.23. The normalized spacial score (nSPS) is 12.0. The molecule has 244 valence electrons. The van der Waals surface area contributed by atoms with Gasteiger partial charge in [0.15, 0.2) is 11.2 Å². The summed E-state index contributed by atoms with van der Waals surface area (Å²) >= 11 is 0. The van der Waals surface area contributed by atoms with Crippen molar-refractivity contribution in [3.63, 3.8) is 0 Å². The number of nitrogens with two attached hydrogens (primary N) is 1. The molecule has 0 amide bonds. The number of anilines is 1. The second kappa shape index (κ2) is 16.0. The van der Waals surface area contributed by atoms with Crippen LogP contribution in [0.4, 0.5) is 5.69 Å². The van der Waals surface area contributed by atoms with Crippen LogP contribution in [-0.4, -0.2) is 86.4 Å². The third kappa shape index (κ3) is 8.11. The molecule has 0 bridgehead atoms. The maximum Gasteiger partial charge on any atom is 0.332 e. The Bertz CT molecular complexity index is 1600. The van der Waals surface area contributed by atoms with Crippen molar-refractivity contribution >= 4 is 16.9 Å². The Hall–Kier alpha value is -3.73. The molecule has 2 aromatic carbocycles. The van der Waals surface area contributed by atoms with E-state index in [9.17, 15) is 9.59 Å². The van der Waals surface area contributed by atoms with E-state index in [1.54, 1.807) is 4.57 Å². The summed E-state index contributed by atoms with van der Waals surface area (Å²) in [6.45, 7) is 14.4. The van der Waals surface area contributed by atoms with Crippen LogP contribution in [0, 0.1) is 0 Å². The van der Waals surface area contributed by atoms with E-state index < -0.39 is 0 Å². The molecule has 10 heteroatoms. The van der Waals surface area contributed by atoms with Gasteiger partial charge in [-0.3, -0.25) is 23.7 Å². The summed E-state index contributed by atoms with van der Waals surface area (Å²) in [5.41, 5.74) is 9.21. The van der Waals surface area contributed by atoms with Crippen LogP contribution in [0.1, 0.15) is 51.1 Å². The fourth-order valence-electron chi connectivity index (χ4n) is 6.23. The zero-order chi connectivity index (χ0) is 32.5. The molecule has 0 saturated carbocycles. The van der Waals surface area contributed by atoms with Crippen molar-refractivity contribution in [1.29, 1.82) is 0 Å². The highest BCUT2D eigenvalue weighted by atomic mass is 16.2. The summed E-state index contributed by atoms with van der Waals surface area (Å²) in [6.07, 6.45) is 1.94. The first-order valence-electron chi connectivity index (χ1n) is 16.5. The molecule has 0 saturated heterocycles. The van der Waals surface area contributed by atoms with Crippen molar-refractivity contribution in [2.24, 2.45) is 0 Å². The molecule has 0 atom stereocenters. The van der Waals surface area contributed by atoms with Gasteiger partial charge in [0.05, 0.1) is 12.7 Å². The lowest BCUT2D eigenvalue weighted by Crippen LogP contribution is -2.51. The summed E-state index contributed by atoms with van der Waals surface area (Å²) < 4.78 is 5.27. The van der Waals surface area contributed by atoms with Gasteiger partial charge < -0.3 is 15.2 Å². The lowest BCUT2D eigenvalue weighted by atomic mass is 10.1. The molecular weight excluding hydrogens is 564 g/mol. The number of hydrogen-bond donors (Lipinski definition) is 1. The van der Waals surface area contributed by atoms with Crippen LogP contribution in [0.5, 0.6) is 0 Å². The minimum absolute atomic E-state index is 0.0682. The van der Waals surface area contributed by atoms with Crippen LogP contribution in [0.3, 0.4) is 0 Å². The van der Waals surface area contributed by atoms with Crippen LogP contribution in [0.25, 0.3) is 11.2 Å². The molecule has 0 radical (unpaired) electrons. The van der Waals surface area contributed by atoms with Gasteiger partial charge in [0, 0.05) is 25.2 Å². The van der Waals surface area contributed by atoms with Crippen molar-refractivity contribution in [3.05, 3.63) is 92.4 Å². The number of hydrogen-bond acceptors (Lipinski definition) is 7. The zero-order valence-corrected chi connectivity index (χ0v) is 28.1. The fraction of sp³-hybridized carbons (Fsp3) is 0.514. The highest BCUT2D eigenvalue weighted by Gasteiger charge is 2.27. The maximum atomic E-state index is 14.4. The van der Waals surface area contributed by atoms with E-state index in [0.29, 0.717) is 55.7 Å². The van der Waals surface area contributed by atoms with Gasteiger partial charge in [-0.15, -0.1) is 0 Å². The first-order valence-corrected chi connectivity index (χ1v) is 16.5. The van der Waals surface area contributed by atoms with E-state index in [1.807, 2.05) is 56.6 Å². The van der Waals surface area contributed by atoms with E-state index >= 15 is 0 Å². The predicted octanol–water partition coefficient (Wildman–Crippen LogP) is 3.74. The molecule has 0 spiro atoms. The molecule has 45 heavy (non-hydrogen) atoms.